The first kappa shape index (κ1) is 17.4. The zero-order chi connectivity index (χ0) is 19.8. The first-order chi connectivity index (χ1) is 14.2. The summed E-state index contributed by atoms with van der Waals surface area (Å²) in [7, 11) is 2.07. The van der Waals surface area contributed by atoms with Gasteiger partial charge < -0.3 is 9.88 Å². The number of aromatic nitrogens is 4. The lowest BCUT2D eigenvalue weighted by Crippen LogP contribution is -2.07. The molecule has 0 aliphatic carbocycles. The van der Waals surface area contributed by atoms with Crippen molar-refractivity contribution in [2.75, 3.05) is 5.32 Å². The summed E-state index contributed by atoms with van der Waals surface area (Å²) < 4.78 is 2.14. The van der Waals surface area contributed by atoms with Crippen molar-refractivity contribution in [3.63, 3.8) is 0 Å². The molecule has 0 bridgehead atoms. The summed E-state index contributed by atoms with van der Waals surface area (Å²) in [6.45, 7) is 2.13. The molecule has 142 valence electrons. The minimum absolute atomic E-state index is 0.126. The Balaban J connectivity index is 1.63. The highest BCUT2D eigenvalue weighted by molar-refractivity contribution is 5.97. The van der Waals surface area contributed by atoms with Crippen molar-refractivity contribution >= 4 is 27.6 Å². The number of hydrogen-bond acceptors (Lipinski definition) is 4. The fourth-order valence-electron chi connectivity index (χ4n) is 3.77. The molecule has 0 saturated heterocycles. The highest BCUT2D eigenvalue weighted by Crippen LogP contribution is 2.33. The van der Waals surface area contributed by atoms with E-state index in [4.69, 9.17) is 0 Å². The van der Waals surface area contributed by atoms with E-state index in [0.717, 1.165) is 33.4 Å². The number of pyridine rings is 1. The highest BCUT2D eigenvalue weighted by Gasteiger charge is 2.12. The molecule has 0 saturated carbocycles. The average molecular weight is 379 g/mol. The molecule has 0 aliphatic rings. The van der Waals surface area contributed by atoms with Crippen LogP contribution in [0.25, 0.3) is 33.1 Å². The van der Waals surface area contributed by atoms with Crippen molar-refractivity contribution in [1.82, 2.24) is 19.5 Å². The lowest BCUT2D eigenvalue weighted by Gasteiger charge is -2.17. The Kier molecular flexibility index (Phi) is 4.21. The van der Waals surface area contributed by atoms with Gasteiger partial charge in [-0.25, -0.2) is 0 Å². The Morgan fingerprint density at radius 2 is 1.86 bits per heavy atom. The van der Waals surface area contributed by atoms with Gasteiger partial charge >= 0.3 is 0 Å². The fourth-order valence-corrected chi connectivity index (χ4v) is 3.77. The van der Waals surface area contributed by atoms with Crippen molar-refractivity contribution in [1.29, 1.82) is 0 Å². The largest absolute Gasteiger partial charge is 0.378 e. The van der Waals surface area contributed by atoms with E-state index in [1.165, 1.54) is 10.9 Å². The number of hydrogen-bond donors (Lipinski definition) is 1. The Hall–Kier alpha value is -3.73. The number of benzene rings is 2. The molecule has 5 heteroatoms. The van der Waals surface area contributed by atoms with E-state index in [-0.39, 0.29) is 6.04 Å². The van der Waals surface area contributed by atoms with E-state index in [1.54, 1.807) is 18.6 Å². The predicted octanol–water partition coefficient (Wildman–Crippen LogP) is 5.36. The van der Waals surface area contributed by atoms with Gasteiger partial charge in [0.15, 0.2) is 0 Å². The van der Waals surface area contributed by atoms with Crippen LogP contribution < -0.4 is 5.32 Å². The number of aryl methyl sites for hydroxylation is 1. The van der Waals surface area contributed by atoms with E-state index in [1.807, 2.05) is 12.3 Å². The summed E-state index contributed by atoms with van der Waals surface area (Å²) in [6.07, 6.45) is 9.25. The standard InChI is InChI=1S/C24H21N5/c1-16(19-4-3-8-25-15-19)28-20-13-21(24-22(14-20)26-9-10-27-24)18-6-5-17-7-11-29(2)23(17)12-18/h3-16,28H,1-2H3/t16-/m0/s1. The van der Waals surface area contributed by atoms with Crippen LogP contribution in [0.2, 0.25) is 0 Å². The maximum absolute atomic E-state index is 4.62. The third-order valence-electron chi connectivity index (χ3n) is 5.34. The lowest BCUT2D eigenvalue weighted by atomic mass is 10.0. The summed E-state index contributed by atoms with van der Waals surface area (Å²) in [6, 6.07) is 17.0. The molecule has 1 atom stereocenters. The highest BCUT2D eigenvalue weighted by atomic mass is 14.9. The maximum atomic E-state index is 4.62. The van der Waals surface area contributed by atoms with Crippen molar-refractivity contribution in [3.8, 4) is 11.1 Å². The fraction of sp³-hybridized carbons (Fsp3) is 0.125. The van der Waals surface area contributed by atoms with Crippen LogP contribution in [0, 0.1) is 0 Å². The summed E-state index contributed by atoms with van der Waals surface area (Å²) in [5, 5.41) is 4.82. The zero-order valence-corrected chi connectivity index (χ0v) is 16.4. The number of anilines is 1. The molecule has 5 rings (SSSR count). The van der Waals surface area contributed by atoms with Crippen LogP contribution in [0.3, 0.4) is 0 Å². The van der Waals surface area contributed by atoms with E-state index in [0.29, 0.717) is 0 Å². The van der Waals surface area contributed by atoms with Crippen LogP contribution in [0.4, 0.5) is 5.69 Å². The first-order valence-corrected chi connectivity index (χ1v) is 9.66. The van der Waals surface area contributed by atoms with Gasteiger partial charge in [0.1, 0.15) is 0 Å². The lowest BCUT2D eigenvalue weighted by molar-refractivity contribution is 0.876. The molecule has 0 amide bonds. The Morgan fingerprint density at radius 1 is 0.966 bits per heavy atom. The number of fused-ring (bicyclic) bond motifs is 2. The molecule has 0 spiro atoms. The van der Waals surface area contributed by atoms with Crippen LogP contribution in [-0.2, 0) is 7.05 Å². The van der Waals surface area contributed by atoms with E-state index in [2.05, 4.69) is 87.5 Å². The summed E-state index contributed by atoms with van der Waals surface area (Å²) in [4.78, 5) is 13.4. The second-order valence-electron chi connectivity index (χ2n) is 7.30. The number of nitrogens with zero attached hydrogens (tertiary/aromatic N) is 4. The second kappa shape index (κ2) is 7.02. The third kappa shape index (κ3) is 3.21. The SMILES string of the molecule is C[C@H](Nc1cc(-c2ccc3ccn(C)c3c2)c2nccnc2c1)c1cccnc1. The Labute approximate surface area is 169 Å². The van der Waals surface area contributed by atoms with Gasteiger partial charge in [-0.1, -0.05) is 18.2 Å². The normalized spacial score (nSPS) is 12.3. The molecular formula is C24H21N5. The molecular weight excluding hydrogens is 358 g/mol. The Morgan fingerprint density at radius 3 is 2.72 bits per heavy atom. The van der Waals surface area contributed by atoms with Crippen molar-refractivity contribution in [3.05, 3.63) is 85.1 Å². The molecule has 3 aromatic heterocycles. The van der Waals surface area contributed by atoms with E-state index in [9.17, 15) is 0 Å². The van der Waals surface area contributed by atoms with Gasteiger partial charge in [0, 0.05) is 54.8 Å². The van der Waals surface area contributed by atoms with E-state index < -0.39 is 0 Å². The smallest absolute Gasteiger partial charge is 0.0966 e. The molecule has 5 aromatic rings. The van der Waals surface area contributed by atoms with Gasteiger partial charge in [0.05, 0.1) is 17.1 Å². The third-order valence-corrected chi connectivity index (χ3v) is 5.34. The molecule has 5 nitrogen and oxygen atoms in total. The molecule has 0 fully saturated rings. The van der Waals surface area contributed by atoms with Crippen molar-refractivity contribution < 1.29 is 0 Å². The summed E-state index contributed by atoms with van der Waals surface area (Å²) >= 11 is 0. The molecule has 3 heterocycles. The van der Waals surface area contributed by atoms with Gasteiger partial charge in [-0.15, -0.1) is 0 Å². The molecule has 0 unspecified atom stereocenters. The zero-order valence-electron chi connectivity index (χ0n) is 16.4. The minimum atomic E-state index is 0.126. The molecule has 1 N–H and O–H groups in total. The first-order valence-electron chi connectivity index (χ1n) is 9.66. The van der Waals surface area contributed by atoms with Gasteiger partial charge in [-0.05, 0) is 53.8 Å². The second-order valence-corrected chi connectivity index (χ2v) is 7.30. The van der Waals surface area contributed by atoms with Gasteiger partial charge in [-0.2, -0.15) is 0 Å². The molecule has 0 aliphatic heterocycles. The Bertz CT molecular complexity index is 1310. The summed E-state index contributed by atoms with van der Waals surface area (Å²) in [5.74, 6) is 0. The number of rotatable bonds is 4. The van der Waals surface area contributed by atoms with Crippen LogP contribution in [0.5, 0.6) is 0 Å². The van der Waals surface area contributed by atoms with Crippen molar-refractivity contribution in [2.24, 2.45) is 7.05 Å². The van der Waals surface area contributed by atoms with Crippen LogP contribution in [0.15, 0.2) is 79.5 Å². The molecule has 29 heavy (non-hydrogen) atoms. The predicted molar refractivity (Wildman–Crippen MR) is 118 cm³/mol. The molecule has 0 radical (unpaired) electrons. The van der Waals surface area contributed by atoms with E-state index >= 15 is 0 Å². The van der Waals surface area contributed by atoms with Crippen molar-refractivity contribution in [2.45, 2.75) is 13.0 Å². The molecule has 2 aromatic carbocycles. The number of nitrogens with one attached hydrogen (secondary N) is 1. The monoisotopic (exact) mass is 379 g/mol. The van der Waals surface area contributed by atoms with Gasteiger partial charge in [0.2, 0.25) is 0 Å². The minimum Gasteiger partial charge on any atom is -0.378 e. The average Bonchev–Trinajstić information content (AvgIpc) is 3.14. The van der Waals surface area contributed by atoms with Crippen LogP contribution >= 0.6 is 0 Å². The van der Waals surface area contributed by atoms with Crippen LogP contribution in [-0.4, -0.2) is 19.5 Å². The van der Waals surface area contributed by atoms with Gasteiger partial charge in [-0.3, -0.25) is 15.0 Å². The van der Waals surface area contributed by atoms with Gasteiger partial charge in [0.25, 0.3) is 0 Å². The summed E-state index contributed by atoms with van der Waals surface area (Å²) in [5.41, 5.74) is 7.32. The topological polar surface area (TPSA) is 55.6 Å². The van der Waals surface area contributed by atoms with Crippen LogP contribution in [0.1, 0.15) is 18.5 Å². The quantitative estimate of drug-likeness (QED) is 0.457. The maximum Gasteiger partial charge on any atom is 0.0966 e.